The minimum Gasteiger partial charge on any atom is -1.00 e. The first-order valence-electron chi connectivity index (χ1n) is 10.0. The molecule has 0 nitrogen and oxygen atoms in total. The van der Waals surface area contributed by atoms with E-state index in [1.807, 2.05) is 0 Å². The van der Waals surface area contributed by atoms with Gasteiger partial charge in [0.15, 0.2) is 0 Å². The standard InChI is InChI=1S/C26H23.2ClH.Zr/c1-2-3-8-18-13-14-20(15-18)24-17-26-21-10-5-4-9-19(21)16-25(26)23-12-7-6-11-22(23)24;;;/h4-7,9-11,13-15,17,20H,2-3,8,16H2,1H3;2*1H;/q;;;+2/p-2. The van der Waals surface area contributed by atoms with Crippen LogP contribution in [0.1, 0.15) is 48.8 Å². The molecule has 1 atom stereocenters. The average molecular weight is 498 g/mol. The Morgan fingerprint density at radius 3 is 2.66 bits per heavy atom. The Balaban J connectivity index is 0.00000120. The van der Waals surface area contributed by atoms with E-state index in [-0.39, 0.29) is 24.8 Å². The third-order valence-electron chi connectivity index (χ3n) is 6.07. The van der Waals surface area contributed by atoms with Crippen LogP contribution >= 0.6 is 0 Å². The van der Waals surface area contributed by atoms with E-state index in [9.17, 15) is 0 Å². The van der Waals surface area contributed by atoms with E-state index in [0.717, 1.165) is 6.42 Å². The fraction of sp³-hybridized carbons (Fsp3) is 0.231. The number of rotatable bonds is 4. The molecular formula is C26H23Cl2Zr. The number of hydrogen-bond acceptors (Lipinski definition) is 0. The third kappa shape index (κ3) is 3.95. The van der Waals surface area contributed by atoms with Gasteiger partial charge in [-0.15, -0.1) is 0 Å². The number of fused-ring (bicyclic) bond motifs is 5. The second-order valence-electron chi connectivity index (χ2n) is 7.78. The summed E-state index contributed by atoms with van der Waals surface area (Å²) in [5.74, 6) is 0.412. The molecule has 29 heavy (non-hydrogen) atoms. The van der Waals surface area contributed by atoms with Crippen LogP contribution in [-0.4, -0.2) is 0 Å². The number of allylic oxidation sites excluding steroid dienone is 4. The van der Waals surface area contributed by atoms with E-state index in [1.165, 1.54) is 85.9 Å². The molecule has 0 N–H and O–H groups in total. The van der Waals surface area contributed by atoms with Gasteiger partial charge in [0.25, 0.3) is 0 Å². The summed E-state index contributed by atoms with van der Waals surface area (Å²) in [7, 11) is 0. The molecule has 0 spiro atoms. The molecular weight excluding hydrogens is 474 g/mol. The summed E-state index contributed by atoms with van der Waals surface area (Å²) in [5, 5.41) is 2.97. The van der Waals surface area contributed by atoms with Crippen molar-refractivity contribution in [2.45, 2.75) is 38.5 Å². The molecule has 3 heteroatoms. The molecule has 0 aliphatic heterocycles. The van der Waals surface area contributed by atoms with Gasteiger partial charge in [0.1, 0.15) is 0 Å². The van der Waals surface area contributed by atoms with Gasteiger partial charge in [0.2, 0.25) is 0 Å². The molecule has 2 aliphatic carbocycles. The van der Waals surface area contributed by atoms with Gasteiger partial charge in [-0.2, -0.15) is 0 Å². The minimum atomic E-state index is 0. The Bertz CT molecular complexity index is 1110. The summed E-state index contributed by atoms with van der Waals surface area (Å²) >= 11 is 1.51. The zero-order valence-corrected chi connectivity index (χ0v) is 20.5. The molecule has 5 rings (SSSR count). The maximum absolute atomic E-state index is 2.49. The summed E-state index contributed by atoms with van der Waals surface area (Å²) in [4.78, 5) is 0. The zero-order valence-electron chi connectivity index (χ0n) is 16.5. The second-order valence-corrected chi connectivity index (χ2v) is 9.11. The molecule has 0 saturated carbocycles. The smallest absolute Gasteiger partial charge is 1.00 e. The SMILES string of the molecule is CCCCC1=CC(c2cc3c(c4[c]([Zr+2])cccc24)Cc2ccccc2-3)C=C1.[Cl-].[Cl-]. The van der Waals surface area contributed by atoms with Crippen LogP contribution in [0, 0.1) is 0 Å². The first-order valence-corrected chi connectivity index (χ1v) is 11.3. The van der Waals surface area contributed by atoms with Crippen LogP contribution in [-0.2, 0) is 31.1 Å². The van der Waals surface area contributed by atoms with Crippen molar-refractivity contribution in [3.63, 3.8) is 0 Å². The first-order chi connectivity index (χ1) is 13.3. The van der Waals surface area contributed by atoms with E-state index in [4.69, 9.17) is 0 Å². The topological polar surface area (TPSA) is 0 Å². The average Bonchev–Trinajstić information content (AvgIpc) is 3.30. The van der Waals surface area contributed by atoms with Gasteiger partial charge in [0, 0.05) is 0 Å². The largest absolute Gasteiger partial charge is 1.00 e. The molecule has 1 unspecified atom stereocenters. The minimum absolute atomic E-state index is 0. The van der Waals surface area contributed by atoms with Gasteiger partial charge in [-0.05, 0) is 0 Å². The van der Waals surface area contributed by atoms with E-state index < -0.39 is 0 Å². The van der Waals surface area contributed by atoms with E-state index in [0.29, 0.717) is 5.92 Å². The van der Waals surface area contributed by atoms with Crippen LogP contribution < -0.4 is 28.1 Å². The molecule has 2 aliphatic rings. The molecule has 3 aromatic carbocycles. The Kier molecular flexibility index (Phi) is 7.26. The van der Waals surface area contributed by atoms with Crippen LogP contribution in [0.2, 0.25) is 0 Å². The molecule has 0 radical (unpaired) electrons. The van der Waals surface area contributed by atoms with E-state index in [1.54, 1.807) is 5.56 Å². The first kappa shape index (κ1) is 22.5. The predicted molar refractivity (Wildman–Crippen MR) is 111 cm³/mol. The monoisotopic (exact) mass is 495 g/mol. The summed E-state index contributed by atoms with van der Waals surface area (Å²) in [6.45, 7) is 2.27. The number of hydrogen-bond donors (Lipinski definition) is 0. The van der Waals surface area contributed by atoms with Crippen molar-refractivity contribution in [1.29, 1.82) is 0 Å². The zero-order chi connectivity index (χ0) is 18.4. The van der Waals surface area contributed by atoms with E-state index >= 15 is 0 Å². The van der Waals surface area contributed by atoms with Gasteiger partial charge >= 0.3 is 177 Å². The van der Waals surface area contributed by atoms with E-state index in [2.05, 4.69) is 73.7 Å². The third-order valence-corrected chi connectivity index (χ3v) is 7.09. The van der Waals surface area contributed by atoms with Gasteiger partial charge < -0.3 is 24.8 Å². The molecule has 0 saturated heterocycles. The summed E-state index contributed by atoms with van der Waals surface area (Å²) < 4.78 is 1.49. The molecule has 3 aromatic rings. The van der Waals surface area contributed by atoms with Crippen LogP contribution in [0.25, 0.3) is 21.9 Å². The van der Waals surface area contributed by atoms with Gasteiger partial charge in [-0.25, -0.2) is 0 Å². The quantitative estimate of drug-likeness (QED) is 0.382. The van der Waals surface area contributed by atoms with Crippen molar-refractivity contribution in [2.24, 2.45) is 0 Å². The Morgan fingerprint density at radius 2 is 1.83 bits per heavy atom. The molecule has 0 heterocycles. The van der Waals surface area contributed by atoms with Gasteiger partial charge in [0.05, 0.1) is 0 Å². The Labute approximate surface area is 201 Å². The second kappa shape index (κ2) is 9.34. The molecule has 0 bridgehead atoms. The number of benzene rings is 3. The predicted octanol–water partition coefficient (Wildman–Crippen LogP) is 0.361. The van der Waals surface area contributed by atoms with Crippen molar-refractivity contribution in [2.75, 3.05) is 0 Å². The van der Waals surface area contributed by atoms with Crippen molar-refractivity contribution in [3.05, 3.63) is 89.0 Å². The summed E-state index contributed by atoms with van der Waals surface area (Å²) in [6, 6.07) is 18.3. The van der Waals surface area contributed by atoms with Crippen LogP contribution in [0.15, 0.2) is 72.3 Å². The maximum Gasteiger partial charge on any atom is -1.00 e. The molecule has 145 valence electrons. The summed E-state index contributed by atoms with van der Waals surface area (Å²) in [6.07, 6.45) is 12.1. The number of unbranched alkanes of at least 4 members (excludes halogenated alkanes) is 1. The van der Waals surface area contributed by atoms with Crippen LogP contribution in [0.3, 0.4) is 0 Å². The van der Waals surface area contributed by atoms with Crippen molar-refractivity contribution in [3.8, 4) is 11.1 Å². The van der Waals surface area contributed by atoms with Crippen LogP contribution in [0.4, 0.5) is 0 Å². The van der Waals surface area contributed by atoms with Crippen molar-refractivity contribution in [1.82, 2.24) is 0 Å². The summed E-state index contributed by atoms with van der Waals surface area (Å²) in [5.41, 5.74) is 8.91. The van der Waals surface area contributed by atoms with Gasteiger partial charge in [-0.3, -0.25) is 0 Å². The number of halogens is 2. The molecule has 0 aromatic heterocycles. The van der Waals surface area contributed by atoms with Gasteiger partial charge in [-0.1, -0.05) is 0 Å². The maximum atomic E-state index is 2.49. The molecule has 0 amide bonds. The Morgan fingerprint density at radius 1 is 1.00 bits per heavy atom. The molecule has 0 fully saturated rings. The normalized spacial score (nSPS) is 16.1. The van der Waals surface area contributed by atoms with Crippen molar-refractivity contribution < 1.29 is 49.5 Å². The fourth-order valence-corrected chi connectivity index (χ4v) is 5.65. The fourth-order valence-electron chi connectivity index (χ4n) is 4.71. The van der Waals surface area contributed by atoms with Crippen molar-refractivity contribution >= 4 is 14.0 Å². The Hall–Kier alpha value is -1.14. The van der Waals surface area contributed by atoms with Crippen LogP contribution in [0.5, 0.6) is 0 Å².